The Labute approximate surface area is 149 Å². The van der Waals surface area contributed by atoms with Gasteiger partial charge in [0, 0.05) is 12.6 Å². The van der Waals surface area contributed by atoms with Gasteiger partial charge in [-0.3, -0.25) is 9.69 Å². The van der Waals surface area contributed by atoms with Gasteiger partial charge < -0.3 is 4.74 Å². The molecule has 0 spiro atoms. The highest BCUT2D eigenvalue weighted by Gasteiger charge is 2.17. The molecular weight excluding hydrogens is 310 g/mol. The van der Waals surface area contributed by atoms with Crippen molar-refractivity contribution in [3.63, 3.8) is 0 Å². The molecule has 0 heterocycles. The zero-order chi connectivity index (χ0) is 17.8. The third-order valence-corrected chi connectivity index (χ3v) is 4.59. The van der Waals surface area contributed by atoms with Crippen LogP contribution in [0.25, 0.3) is 21.5 Å². The molecule has 0 aliphatic rings. The third-order valence-electron chi connectivity index (χ3n) is 4.59. The molecule has 3 aromatic rings. The molecule has 0 fully saturated rings. The van der Waals surface area contributed by atoms with Gasteiger partial charge in [-0.25, -0.2) is 0 Å². The van der Waals surface area contributed by atoms with E-state index in [0.29, 0.717) is 13.2 Å². The van der Waals surface area contributed by atoms with Crippen molar-refractivity contribution in [1.29, 1.82) is 0 Å². The van der Waals surface area contributed by atoms with Crippen molar-refractivity contribution in [3.8, 4) is 0 Å². The average Bonchev–Trinajstić information content (AvgIpc) is 2.61. The maximum absolute atomic E-state index is 12.0. The number of carbonyl (C=O) groups excluding carboxylic acids is 1. The van der Waals surface area contributed by atoms with Gasteiger partial charge in [0.05, 0.1) is 13.2 Å². The van der Waals surface area contributed by atoms with Crippen molar-refractivity contribution >= 4 is 27.5 Å². The van der Waals surface area contributed by atoms with Crippen molar-refractivity contribution in [1.82, 2.24) is 4.90 Å². The molecule has 25 heavy (non-hydrogen) atoms. The first-order valence-corrected chi connectivity index (χ1v) is 8.89. The Balaban J connectivity index is 2.02. The summed E-state index contributed by atoms with van der Waals surface area (Å²) >= 11 is 0. The molecule has 0 bridgehead atoms. The number of benzene rings is 3. The van der Waals surface area contributed by atoms with E-state index in [2.05, 4.69) is 73.3 Å². The predicted molar refractivity (Wildman–Crippen MR) is 104 cm³/mol. The Morgan fingerprint density at radius 3 is 2.32 bits per heavy atom. The summed E-state index contributed by atoms with van der Waals surface area (Å²) in [4.78, 5) is 14.1. The summed E-state index contributed by atoms with van der Waals surface area (Å²) in [5.74, 6) is -0.165. The SMILES string of the molecule is CCOC(=O)CN(Cc1cc2ccccc2c2ccccc12)C(C)C. The van der Waals surface area contributed by atoms with Gasteiger partial charge in [-0.05, 0) is 53.9 Å². The van der Waals surface area contributed by atoms with Crippen molar-refractivity contribution in [2.75, 3.05) is 13.2 Å². The number of hydrogen-bond acceptors (Lipinski definition) is 3. The average molecular weight is 335 g/mol. The van der Waals surface area contributed by atoms with Crippen molar-refractivity contribution < 1.29 is 9.53 Å². The van der Waals surface area contributed by atoms with Gasteiger partial charge in [-0.2, -0.15) is 0 Å². The van der Waals surface area contributed by atoms with E-state index in [0.717, 1.165) is 6.54 Å². The van der Waals surface area contributed by atoms with Crippen LogP contribution in [0.3, 0.4) is 0 Å². The highest BCUT2D eigenvalue weighted by molar-refractivity contribution is 6.08. The summed E-state index contributed by atoms with van der Waals surface area (Å²) in [7, 11) is 0. The van der Waals surface area contributed by atoms with Crippen LogP contribution in [0.1, 0.15) is 26.3 Å². The summed E-state index contributed by atoms with van der Waals surface area (Å²) in [6.07, 6.45) is 0. The molecule has 3 heteroatoms. The second-order valence-electron chi connectivity index (χ2n) is 6.61. The predicted octanol–water partition coefficient (Wildman–Crippen LogP) is 4.77. The molecule has 0 amide bonds. The fourth-order valence-corrected chi connectivity index (χ4v) is 3.27. The number of rotatable bonds is 6. The number of esters is 1. The van der Waals surface area contributed by atoms with E-state index >= 15 is 0 Å². The molecule has 3 rings (SSSR count). The molecule has 0 aliphatic heterocycles. The van der Waals surface area contributed by atoms with E-state index < -0.39 is 0 Å². The van der Waals surface area contributed by atoms with Crippen LogP contribution >= 0.6 is 0 Å². The van der Waals surface area contributed by atoms with Gasteiger partial charge in [0.2, 0.25) is 0 Å². The largest absolute Gasteiger partial charge is 0.465 e. The Bertz CT molecular complexity index is 885. The van der Waals surface area contributed by atoms with Crippen LogP contribution in [0.2, 0.25) is 0 Å². The third kappa shape index (κ3) is 3.83. The minimum atomic E-state index is -0.165. The molecule has 0 saturated carbocycles. The summed E-state index contributed by atoms with van der Waals surface area (Å²) in [5.41, 5.74) is 1.24. The molecule has 0 atom stereocenters. The fourth-order valence-electron chi connectivity index (χ4n) is 3.27. The van der Waals surface area contributed by atoms with Gasteiger partial charge in [0.15, 0.2) is 0 Å². The normalized spacial score (nSPS) is 11.6. The molecular formula is C22H25NO2. The van der Waals surface area contributed by atoms with E-state index in [9.17, 15) is 4.79 Å². The zero-order valence-electron chi connectivity index (χ0n) is 15.2. The van der Waals surface area contributed by atoms with Gasteiger partial charge >= 0.3 is 5.97 Å². The lowest BCUT2D eigenvalue weighted by atomic mass is 9.97. The Kier molecular flexibility index (Phi) is 5.34. The minimum Gasteiger partial charge on any atom is -0.465 e. The number of fused-ring (bicyclic) bond motifs is 3. The molecule has 0 saturated heterocycles. The Morgan fingerprint density at radius 2 is 1.64 bits per heavy atom. The van der Waals surface area contributed by atoms with Gasteiger partial charge in [0.25, 0.3) is 0 Å². The zero-order valence-corrected chi connectivity index (χ0v) is 15.2. The van der Waals surface area contributed by atoms with Crippen molar-refractivity contribution in [3.05, 3.63) is 60.2 Å². The maximum atomic E-state index is 12.0. The first-order chi connectivity index (χ1) is 12.1. The van der Waals surface area contributed by atoms with Crippen LogP contribution in [-0.2, 0) is 16.1 Å². The number of nitrogens with zero attached hydrogens (tertiary/aromatic N) is 1. The summed E-state index contributed by atoms with van der Waals surface area (Å²) in [5, 5.41) is 5.01. The smallest absolute Gasteiger partial charge is 0.320 e. The van der Waals surface area contributed by atoms with Crippen LogP contribution in [0.5, 0.6) is 0 Å². The topological polar surface area (TPSA) is 29.5 Å². The molecule has 0 radical (unpaired) electrons. The standard InChI is InChI=1S/C22H25NO2/c1-4-25-22(24)15-23(16(2)3)14-18-13-17-9-5-6-10-19(17)21-12-8-7-11-20(18)21/h5-13,16H,4,14-15H2,1-3H3. The highest BCUT2D eigenvalue weighted by Crippen LogP contribution is 2.29. The van der Waals surface area contributed by atoms with Crippen molar-refractivity contribution in [2.24, 2.45) is 0 Å². The van der Waals surface area contributed by atoms with Crippen LogP contribution in [0.15, 0.2) is 54.6 Å². The summed E-state index contributed by atoms with van der Waals surface area (Å²) < 4.78 is 5.14. The quantitative estimate of drug-likeness (QED) is 0.480. The number of ether oxygens (including phenoxy) is 1. The minimum absolute atomic E-state index is 0.165. The second kappa shape index (κ2) is 7.66. The summed E-state index contributed by atoms with van der Waals surface area (Å²) in [6.45, 7) is 7.53. The van der Waals surface area contributed by atoms with E-state index in [1.807, 2.05) is 6.92 Å². The molecule has 0 aromatic heterocycles. The van der Waals surface area contributed by atoms with Crippen LogP contribution in [0.4, 0.5) is 0 Å². The van der Waals surface area contributed by atoms with E-state index in [1.165, 1.54) is 27.1 Å². The molecule has 0 aliphatic carbocycles. The van der Waals surface area contributed by atoms with E-state index in [1.54, 1.807) is 0 Å². The lowest BCUT2D eigenvalue weighted by molar-refractivity contribution is -0.145. The Hall–Kier alpha value is -2.39. The van der Waals surface area contributed by atoms with Gasteiger partial charge in [-0.15, -0.1) is 0 Å². The molecule has 130 valence electrons. The van der Waals surface area contributed by atoms with E-state index in [4.69, 9.17) is 4.74 Å². The number of hydrogen-bond donors (Lipinski definition) is 0. The lowest BCUT2D eigenvalue weighted by Crippen LogP contribution is -2.36. The monoisotopic (exact) mass is 335 g/mol. The molecule has 3 nitrogen and oxygen atoms in total. The second-order valence-corrected chi connectivity index (χ2v) is 6.61. The molecule has 0 N–H and O–H groups in total. The molecule has 3 aromatic carbocycles. The van der Waals surface area contributed by atoms with Crippen LogP contribution in [0, 0.1) is 0 Å². The first-order valence-electron chi connectivity index (χ1n) is 8.89. The maximum Gasteiger partial charge on any atom is 0.320 e. The van der Waals surface area contributed by atoms with E-state index in [-0.39, 0.29) is 12.0 Å². The van der Waals surface area contributed by atoms with Gasteiger partial charge in [0.1, 0.15) is 0 Å². The first kappa shape index (κ1) is 17.4. The van der Waals surface area contributed by atoms with Crippen LogP contribution in [-0.4, -0.2) is 30.1 Å². The highest BCUT2D eigenvalue weighted by atomic mass is 16.5. The molecule has 0 unspecified atom stereocenters. The van der Waals surface area contributed by atoms with Crippen LogP contribution < -0.4 is 0 Å². The summed E-state index contributed by atoms with van der Waals surface area (Å²) in [6, 6.07) is 19.5. The Morgan fingerprint density at radius 1 is 1.00 bits per heavy atom. The lowest BCUT2D eigenvalue weighted by Gasteiger charge is -2.26. The fraction of sp³-hybridized carbons (Fsp3) is 0.318. The number of carbonyl (C=O) groups is 1. The van der Waals surface area contributed by atoms with Crippen molar-refractivity contribution in [2.45, 2.75) is 33.4 Å². The van der Waals surface area contributed by atoms with Gasteiger partial charge in [-0.1, -0.05) is 48.5 Å².